The summed E-state index contributed by atoms with van der Waals surface area (Å²) in [6.45, 7) is 4.96. The summed E-state index contributed by atoms with van der Waals surface area (Å²) in [7, 11) is 0. The molecule has 0 saturated carbocycles. The maximum Gasteiger partial charge on any atom is 0.344 e. The summed E-state index contributed by atoms with van der Waals surface area (Å²) >= 11 is 0. The molecule has 0 unspecified atom stereocenters. The first-order valence-corrected chi connectivity index (χ1v) is 9.54. The molecule has 160 valence electrons. The number of imide groups is 1. The van der Waals surface area contributed by atoms with Gasteiger partial charge in [0.15, 0.2) is 12.7 Å². The molecule has 0 fully saturated rings. The summed E-state index contributed by atoms with van der Waals surface area (Å²) in [5.41, 5.74) is 1.06. The van der Waals surface area contributed by atoms with Gasteiger partial charge in [-0.1, -0.05) is 30.3 Å². The van der Waals surface area contributed by atoms with Crippen LogP contribution in [0.3, 0.4) is 0 Å². The van der Waals surface area contributed by atoms with Crippen LogP contribution >= 0.6 is 0 Å². The third-order valence-corrected chi connectivity index (χ3v) is 3.76. The zero-order valence-corrected chi connectivity index (χ0v) is 17.2. The van der Waals surface area contributed by atoms with Gasteiger partial charge in [0.1, 0.15) is 18.1 Å². The van der Waals surface area contributed by atoms with Crippen molar-refractivity contribution in [1.82, 2.24) is 10.6 Å². The Labute approximate surface area is 175 Å². The molecule has 0 saturated heterocycles. The molecule has 0 aliphatic heterocycles. The van der Waals surface area contributed by atoms with Gasteiger partial charge in [-0.3, -0.25) is 10.1 Å². The lowest BCUT2D eigenvalue weighted by Crippen LogP contribution is -2.46. The molecule has 2 N–H and O–H groups in total. The van der Waals surface area contributed by atoms with Crippen LogP contribution in [0.1, 0.15) is 26.3 Å². The highest BCUT2D eigenvalue weighted by molar-refractivity contribution is 5.97. The molecule has 0 radical (unpaired) electrons. The van der Waals surface area contributed by atoms with Crippen molar-refractivity contribution >= 4 is 17.9 Å². The molecule has 2 aromatic rings. The maximum absolute atomic E-state index is 11.9. The number of esters is 1. The lowest BCUT2D eigenvalue weighted by atomic mass is 10.2. The highest BCUT2D eigenvalue weighted by atomic mass is 16.6. The van der Waals surface area contributed by atoms with Crippen molar-refractivity contribution in [2.24, 2.45) is 0 Å². The predicted molar refractivity (Wildman–Crippen MR) is 110 cm³/mol. The molecule has 2 aromatic carbocycles. The second-order valence-corrected chi connectivity index (χ2v) is 6.78. The molecule has 0 aliphatic rings. The number of amides is 3. The molecular weight excluding hydrogens is 388 g/mol. The number of hydrogen-bond acceptors (Lipinski definition) is 6. The minimum absolute atomic E-state index is 0.126. The second kappa shape index (κ2) is 11.5. The van der Waals surface area contributed by atoms with Crippen molar-refractivity contribution in [2.75, 3.05) is 6.61 Å². The number of rotatable bonds is 9. The van der Waals surface area contributed by atoms with Crippen LogP contribution in [0.4, 0.5) is 4.79 Å². The molecule has 3 amide bonds. The first kappa shape index (κ1) is 22.7. The molecule has 8 heteroatoms. The quantitative estimate of drug-likeness (QED) is 0.612. The van der Waals surface area contributed by atoms with E-state index in [4.69, 9.17) is 14.2 Å². The second-order valence-electron chi connectivity index (χ2n) is 6.78. The highest BCUT2D eigenvalue weighted by Crippen LogP contribution is 2.18. The van der Waals surface area contributed by atoms with Gasteiger partial charge in [0.05, 0.1) is 0 Å². The lowest BCUT2D eigenvalue weighted by Gasteiger charge is -2.14. The minimum atomic E-state index is -1.13. The molecule has 30 heavy (non-hydrogen) atoms. The summed E-state index contributed by atoms with van der Waals surface area (Å²) in [6.07, 6.45) is -1.13. The zero-order chi connectivity index (χ0) is 21.9. The third kappa shape index (κ3) is 8.22. The molecule has 0 bridgehead atoms. The van der Waals surface area contributed by atoms with Gasteiger partial charge < -0.3 is 19.5 Å². The molecule has 8 nitrogen and oxygen atoms in total. The number of benzene rings is 2. The summed E-state index contributed by atoms with van der Waals surface area (Å²) in [6, 6.07) is 15.8. The number of nitrogens with one attached hydrogen (secondary N) is 2. The Balaban J connectivity index is 1.72. The Hall–Kier alpha value is -3.55. The summed E-state index contributed by atoms with van der Waals surface area (Å²) in [5, 5.41) is 4.60. The van der Waals surface area contributed by atoms with Crippen LogP contribution in [0.25, 0.3) is 0 Å². The Morgan fingerprint density at radius 1 is 0.867 bits per heavy atom. The van der Waals surface area contributed by atoms with Crippen LogP contribution in [0.2, 0.25) is 0 Å². The van der Waals surface area contributed by atoms with Gasteiger partial charge in [0, 0.05) is 6.04 Å². The molecule has 1 atom stereocenters. The topological polar surface area (TPSA) is 103 Å². The van der Waals surface area contributed by atoms with Crippen molar-refractivity contribution in [3.05, 3.63) is 60.2 Å². The van der Waals surface area contributed by atoms with Crippen LogP contribution < -0.4 is 20.1 Å². The van der Waals surface area contributed by atoms with E-state index in [1.54, 1.807) is 38.1 Å². The minimum Gasteiger partial charge on any atom is -0.489 e. The van der Waals surface area contributed by atoms with Gasteiger partial charge in [-0.2, -0.15) is 0 Å². The molecule has 0 aromatic heterocycles. The number of hydrogen-bond donors (Lipinski definition) is 2. The van der Waals surface area contributed by atoms with E-state index in [2.05, 4.69) is 10.6 Å². The Morgan fingerprint density at radius 2 is 1.47 bits per heavy atom. The maximum atomic E-state index is 11.9. The van der Waals surface area contributed by atoms with E-state index in [0.29, 0.717) is 18.1 Å². The van der Waals surface area contributed by atoms with Gasteiger partial charge in [0.25, 0.3) is 5.91 Å². The summed E-state index contributed by atoms with van der Waals surface area (Å²) < 4.78 is 16.0. The normalized spacial score (nSPS) is 11.3. The molecule has 0 spiro atoms. The number of ether oxygens (including phenoxy) is 3. The van der Waals surface area contributed by atoms with Crippen molar-refractivity contribution in [2.45, 2.75) is 39.5 Å². The zero-order valence-electron chi connectivity index (χ0n) is 17.2. The van der Waals surface area contributed by atoms with E-state index in [1.807, 2.05) is 30.3 Å². The Kier molecular flexibility index (Phi) is 8.68. The van der Waals surface area contributed by atoms with Crippen LogP contribution in [-0.2, 0) is 20.9 Å². The molecule has 0 aliphatic carbocycles. The molecular formula is C22H26N2O6. The van der Waals surface area contributed by atoms with Gasteiger partial charge in [-0.15, -0.1) is 0 Å². The third-order valence-electron chi connectivity index (χ3n) is 3.76. The van der Waals surface area contributed by atoms with Crippen LogP contribution in [0.15, 0.2) is 54.6 Å². The van der Waals surface area contributed by atoms with Crippen LogP contribution in [0.5, 0.6) is 11.5 Å². The fourth-order valence-electron chi connectivity index (χ4n) is 2.31. The first-order valence-electron chi connectivity index (χ1n) is 9.54. The van der Waals surface area contributed by atoms with E-state index in [1.165, 1.54) is 6.92 Å². The van der Waals surface area contributed by atoms with Crippen molar-refractivity contribution < 1.29 is 28.6 Å². The Morgan fingerprint density at radius 3 is 2.07 bits per heavy atom. The SMILES string of the molecule is CC(C)NC(=O)NC(=O)[C@@H](C)OC(=O)COc1ccc(OCc2ccccc2)cc1. The number of carbonyl (C=O) groups is 3. The van der Waals surface area contributed by atoms with Crippen molar-refractivity contribution in [1.29, 1.82) is 0 Å². The Bertz CT molecular complexity index is 836. The number of urea groups is 1. The van der Waals surface area contributed by atoms with E-state index in [0.717, 1.165) is 5.56 Å². The fraction of sp³-hybridized carbons (Fsp3) is 0.318. The molecule has 0 heterocycles. The van der Waals surface area contributed by atoms with E-state index >= 15 is 0 Å². The van der Waals surface area contributed by atoms with Gasteiger partial charge in [-0.05, 0) is 50.6 Å². The number of carbonyl (C=O) groups excluding carboxylic acids is 3. The van der Waals surface area contributed by atoms with E-state index in [-0.39, 0.29) is 12.6 Å². The van der Waals surface area contributed by atoms with Gasteiger partial charge >= 0.3 is 12.0 Å². The van der Waals surface area contributed by atoms with E-state index in [9.17, 15) is 14.4 Å². The predicted octanol–water partition coefficient (Wildman–Crippen LogP) is 2.81. The average Bonchev–Trinajstić information content (AvgIpc) is 2.71. The van der Waals surface area contributed by atoms with Gasteiger partial charge in [0.2, 0.25) is 0 Å². The lowest BCUT2D eigenvalue weighted by molar-refractivity contribution is -0.156. The monoisotopic (exact) mass is 414 g/mol. The van der Waals surface area contributed by atoms with Crippen LogP contribution in [0, 0.1) is 0 Å². The van der Waals surface area contributed by atoms with Crippen LogP contribution in [-0.4, -0.2) is 36.7 Å². The fourth-order valence-corrected chi connectivity index (χ4v) is 2.31. The highest BCUT2D eigenvalue weighted by Gasteiger charge is 2.20. The summed E-state index contributed by atoms with van der Waals surface area (Å²) in [5.74, 6) is -0.334. The first-order chi connectivity index (χ1) is 14.3. The van der Waals surface area contributed by atoms with Crippen molar-refractivity contribution in [3.8, 4) is 11.5 Å². The van der Waals surface area contributed by atoms with Gasteiger partial charge in [-0.25, -0.2) is 9.59 Å². The van der Waals surface area contributed by atoms with Crippen molar-refractivity contribution in [3.63, 3.8) is 0 Å². The van der Waals surface area contributed by atoms with E-state index < -0.39 is 24.0 Å². The summed E-state index contributed by atoms with van der Waals surface area (Å²) in [4.78, 5) is 35.2. The smallest absolute Gasteiger partial charge is 0.344 e. The standard InChI is InChI=1S/C22H26N2O6/c1-15(2)23-22(27)24-21(26)16(3)30-20(25)14-29-19-11-9-18(10-12-19)28-13-17-7-5-4-6-8-17/h4-12,15-16H,13-14H2,1-3H3,(H2,23,24,26,27)/t16-/m1/s1. The largest absolute Gasteiger partial charge is 0.489 e. The average molecular weight is 414 g/mol. The molecule has 2 rings (SSSR count).